The molecule has 0 aliphatic rings. The fourth-order valence-electron chi connectivity index (χ4n) is 6.54. The Morgan fingerprint density at radius 2 is 1.33 bits per heavy atom. The number of halogens is 3. The van der Waals surface area contributed by atoms with Crippen molar-refractivity contribution in [2.45, 2.75) is 30.7 Å². The Morgan fingerprint density at radius 3 is 1.84 bits per heavy atom. The van der Waals surface area contributed by atoms with Gasteiger partial charge in [0.15, 0.2) is 0 Å². The summed E-state index contributed by atoms with van der Waals surface area (Å²) < 4.78 is 93.4. The lowest BCUT2D eigenvalue weighted by atomic mass is 9.95. The number of hydrogen-bond acceptors (Lipinski definition) is 9. The molecule has 0 spiro atoms. The zero-order valence-electron chi connectivity index (χ0n) is 31.2. The van der Waals surface area contributed by atoms with Gasteiger partial charge in [-0.2, -0.15) is 22.3 Å². The van der Waals surface area contributed by atoms with Crippen molar-refractivity contribution in [1.82, 2.24) is 29.5 Å². The number of carboxylic acid groups (broad SMARTS) is 1. The number of para-hydroxylation sites is 1. The molecule has 0 aliphatic heterocycles. The fourth-order valence-corrected chi connectivity index (χ4v) is 8.36. The van der Waals surface area contributed by atoms with Crippen LogP contribution < -0.4 is 14.2 Å². The van der Waals surface area contributed by atoms with E-state index >= 15 is 21.6 Å². The molecule has 0 radical (unpaired) electrons. The SMILES string of the molecule is COc1ccc(CN(Cc2ccc(OC)cc2)S(=O)(=O)c2c(C(F)(F)F)ccc(-c3cccc4cc(C(=O)O)[nH]c34)c2-c2nnn(Cc3ccc(OC)cc3)n2)cc1. The highest BCUT2D eigenvalue weighted by atomic mass is 32.2. The van der Waals surface area contributed by atoms with E-state index < -0.39 is 44.0 Å². The molecule has 0 saturated carbocycles. The molecule has 0 bridgehead atoms. The number of sulfonamides is 1. The number of H-pyrrole nitrogens is 1. The fraction of sp³-hybridized carbons (Fsp3) is 0.171. The van der Waals surface area contributed by atoms with Crippen LogP contribution >= 0.6 is 0 Å². The van der Waals surface area contributed by atoms with Crippen LogP contribution in [0.25, 0.3) is 33.4 Å². The Bertz CT molecular complexity index is 2650. The summed E-state index contributed by atoms with van der Waals surface area (Å²) in [5, 5.41) is 22.9. The second-order valence-corrected chi connectivity index (χ2v) is 15.0. The van der Waals surface area contributed by atoms with Crippen LogP contribution in [0.4, 0.5) is 13.2 Å². The van der Waals surface area contributed by atoms with Crippen LogP contribution in [0, 0.1) is 0 Å². The minimum Gasteiger partial charge on any atom is -0.497 e. The van der Waals surface area contributed by atoms with Gasteiger partial charge in [-0.05, 0) is 76.0 Å². The Labute approximate surface area is 330 Å². The molecule has 298 valence electrons. The maximum atomic E-state index is 15.3. The highest BCUT2D eigenvalue weighted by Gasteiger charge is 2.43. The van der Waals surface area contributed by atoms with Gasteiger partial charge in [-0.15, -0.1) is 10.2 Å². The predicted molar refractivity (Wildman–Crippen MR) is 207 cm³/mol. The van der Waals surface area contributed by atoms with Gasteiger partial charge >= 0.3 is 12.1 Å². The number of benzene rings is 5. The number of ether oxygens (including phenoxy) is 3. The molecule has 2 aromatic heterocycles. The van der Waals surface area contributed by atoms with Gasteiger partial charge in [0.25, 0.3) is 0 Å². The molecule has 13 nitrogen and oxygen atoms in total. The van der Waals surface area contributed by atoms with E-state index in [4.69, 9.17) is 14.2 Å². The van der Waals surface area contributed by atoms with Crippen molar-refractivity contribution >= 4 is 26.9 Å². The Kier molecular flexibility index (Phi) is 10.9. The second kappa shape index (κ2) is 16.0. The first kappa shape index (κ1) is 39.5. The van der Waals surface area contributed by atoms with Crippen LogP contribution in [0.5, 0.6) is 17.2 Å². The average molecular weight is 813 g/mol. The first-order valence-electron chi connectivity index (χ1n) is 17.6. The molecule has 58 heavy (non-hydrogen) atoms. The molecular formula is C41H35F3N6O7S. The van der Waals surface area contributed by atoms with Gasteiger partial charge in [-0.25, -0.2) is 13.2 Å². The highest BCUT2D eigenvalue weighted by Crippen LogP contribution is 2.46. The van der Waals surface area contributed by atoms with Crippen molar-refractivity contribution in [3.8, 4) is 39.8 Å². The number of nitrogens with one attached hydrogen (secondary N) is 1. The van der Waals surface area contributed by atoms with E-state index in [1.54, 1.807) is 91.0 Å². The number of carboxylic acids is 1. The smallest absolute Gasteiger partial charge is 0.417 e. The third-order valence-electron chi connectivity index (χ3n) is 9.43. The number of aromatic amines is 1. The summed E-state index contributed by atoms with van der Waals surface area (Å²) in [5.41, 5.74) is -0.0798. The van der Waals surface area contributed by atoms with Gasteiger partial charge in [-0.1, -0.05) is 60.7 Å². The van der Waals surface area contributed by atoms with Crippen molar-refractivity contribution in [2.24, 2.45) is 0 Å². The third-order valence-corrected chi connectivity index (χ3v) is 11.3. The van der Waals surface area contributed by atoms with E-state index in [0.29, 0.717) is 45.4 Å². The molecule has 0 unspecified atom stereocenters. The van der Waals surface area contributed by atoms with Crippen molar-refractivity contribution in [3.05, 3.63) is 137 Å². The first-order valence-corrected chi connectivity index (χ1v) is 19.0. The van der Waals surface area contributed by atoms with E-state index in [2.05, 4.69) is 20.4 Å². The van der Waals surface area contributed by atoms with Crippen molar-refractivity contribution in [3.63, 3.8) is 0 Å². The standard InChI is InChI=1S/C41H35F3N6O7S/c1-55-29-13-7-25(8-14-29)22-49(23-26-9-15-30(56-2)16-10-26)58(53,54)38-34(41(42,43)44)20-19-32(33-6-4-5-28-21-35(40(51)52)45-37(28)33)36(38)39-46-48-50(47-39)24-27-11-17-31(57-3)18-12-27/h4-21,45H,22-24H2,1-3H3,(H,51,52). The summed E-state index contributed by atoms with van der Waals surface area (Å²) in [6.07, 6.45) is -5.18. The predicted octanol–water partition coefficient (Wildman–Crippen LogP) is 7.67. The Hall–Kier alpha value is -6.72. The van der Waals surface area contributed by atoms with Gasteiger partial charge in [0.1, 0.15) is 27.8 Å². The van der Waals surface area contributed by atoms with E-state index in [1.807, 2.05) is 0 Å². The van der Waals surface area contributed by atoms with Crippen LogP contribution in [0.2, 0.25) is 0 Å². The molecule has 7 rings (SSSR count). The number of nitrogens with zero attached hydrogens (tertiary/aromatic N) is 5. The highest BCUT2D eigenvalue weighted by molar-refractivity contribution is 7.89. The van der Waals surface area contributed by atoms with Crippen LogP contribution in [-0.2, 0) is 35.8 Å². The number of alkyl halides is 3. The molecule has 0 atom stereocenters. The average Bonchev–Trinajstić information content (AvgIpc) is 3.88. The lowest BCUT2D eigenvalue weighted by Gasteiger charge is -2.27. The molecule has 0 amide bonds. The zero-order chi connectivity index (χ0) is 41.2. The normalized spacial score (nSPS) is 11.9. The lowest BCUT2D eigenvalue weighted by Crippen LogP contribution is -2.32. The number of aromatic nitrogens is 5. The summed E-state index contributed by atoms with van der Waals surface area (Å²) in [4.78, 5) is 14.8. The topological polar surface area (TPSA) is 162 Å². The van der Waals surface area contributed by atoms with E-state index in [1.165, 1.54) is 27.4 Å². The zero-order valence-corrected chi connectivity index (χ0v) is 32.0. The molecule has 2 heterocycles. The van der Waals surface area contributed by atoms with E-state index in [9.17, 15) is 9.90 Å². The summed E-state index contributed by atoms with van der Waals surface area (Å²) >= 11 is 0. The number of hydrogen-bond donors (Lipinski definition) is 2. The number of fused-ring (bicyclic) bond motifs is 1. The molecule has 0 fully saturated rings. The Balaban J connectivity index is 1.48. The number of carbonyl (C=O) groups is 1. The molecule has 5 aromatic carbocycles. The number of methoxy groups -OCH3 is 3. The maximum Gasteiger partial charge on any atom is 0.417 e. The second-order valence-electron chi connectivity index (χ2n) is 13.1. The van der Waals surface area contributed by atoms with Crippen LogP contribution in [0.1, 0.15) is 32.7 Å². The molecule has 0 aliphatic carbocycles. The molecular weight excluding hydrogens is 778 g/mol. The van der Waals surface area contributed by atoms with Crippen LogP contribution in [-0.4, -0.2) is 70.3 Å². The molecule has 0 saturated heterocycles. The summed E-state index contributed by atoms with van der Waals surface area (Å²) in [7, 11) is -0.693. The van der Waals surface area contributed by atoms with Crippen LogP contribution in [0.3, 0.4) is 0 Å². The monoisotopic (exact) mass is 812 g/mol. The van der Waals surface area contributed by atoms with Crippen molar-refractivity contribution in [2.75, 3.05) is 21.3 Å². The van der Waals surface area contributed by atoms with Crippen molar-refractivity contribution in [1.29, 1.82) is 0 Å². The Morgan fingerprint density at radius 1 is 0.776 bits per heavy atom. The van der Waals surface area contributed by atoms with E-state index in [0.717, 1.165) is 15.2 Å². The first-order chi connectivity index (χ1) is 27.8. The minimum atomic E-state index is -5.18. The van der Waals surface area contributed by atoms with Crippen LogP contribution in [0.15, 0.2) is 114 Å². The number of rotatable bonds is 14. The lowest BCUT2D eigenvalue weighted by molar-refractivity contribution is -0.139. The minimum absolute atomic E-state index is 0.0196. The molecule has 17 heteroatoms. The quantitative estimate of drug-likeness (QED) is 0.112. The molecule has 7 aromatic rings. The van der Waals surface area contributed by atoms with E-state index in [-0.39, 0.29) is 42.0 Å². The third kappa shape index (κ3) is 8.07. The summed E-state index contributed by atoms with van der Waals surface area (Å²) in [6, 6.07) is 27.8. The largest absolute Gasteiger partial charge is 0.497 e. The number of aromatic carboxylic acids is 1. The summed E-state index contributed by atoms with van der Waals surface area (Å²) in [5.74, 6) is -0.0946. The van der Waals surface area contributed by atoms with Gasteiger partial charge in [-0.3, -0.25) is 0 Å². The number of tetrazole rings is 1. The van der Waals surface area contributed by atoms with Crippen molar-refractivity contribution < 1.29 is 45.7 Å². The van der Waals surface area contributed by atoms with Gasteiger partial charge in [0.05, 0.1) is 44.5 Å². The van der Waals surface area contributed by atoms with Gasteiger partial charge in [0.2, 0.25) is 15.8 Å². The summed E-state index contributed by atoms with van der Waals surface area (Å²) in [6.45, 7) is -0.654. The maximum absolute atomic E-state index is 15.3. The van der Waals surface area contributed by atoms with Gasteiger partial charge in [0, 0.05) is 24.0 Å². The van der Waals surface area contributed by atoms with Gasteiger partial charge < -0.3 is 24.3 Å². The molecule has 2 N–H and O–H groups in total.